The fourth-order valence-electron chi connectivity index (χ4n) is 3.58. The zero-order valence-electron chi connectivity index (χ0n) is 19.3. The van der Waals surface area contributed by atoms with E-state index in [2.05, 4.69) is 61.8 Å². The van der Waals surface area contributed by atoms with Crippen molar-refractivity contribution in [3.63, 3.8) is 0 Å². The molecular weight excluding hydrogens is 390 g/mol. The van der Waals surface area contributed by atoms with E-state index in [9.17, 15) is 5.11 Å². The molecule has 0 saturated carbocycles. The number of aliphatic imine (C=N–C) groups is 1. The lowest BCUT2D eigenvalue weighted by atomic mass is 10.00. The number of nitrogens with one attached hydrogen (secondary N) is 2. The van der Waals surface area contributed by atoms with E-state index < -0.39 is 5.60 Å². The summed E-state index contributed by atoms with van der Waals surface area (Å²) in [6, 6.07) is 8.72. The monoisotopic (exact) mass is 427 g/mol. The van der Waals surface area contributed by atoms with Gasteiger partial charge in [0.2, 0.25) is 0 Å². The van der Waals surface area contributed by atoms with E-state index in [0.717, 1.165) is 44.8 Å². The molecule has 1 aromatic carbocycles. The van der Waals surface area contributed by atoms with Gasteiger partial charge in [0.25, 0.3) is 0 Å². The molecule has 8 nitrogen and oxygen atoms in total. The molecule has 1 aliphatic rings. The number of guanidine groups is 1. The second-order valence-corrected chi connectivity index (χ2v) is 8.62. The number of rotatable bonds is 8. The molecule has 1 saturated heterocycles. The molecule has 2 heterocycles. The van der Waals surface area contributed by atoms with E-state index in [1.54, 1.807) is 17.8 Å². The first-order valence-corrected chi connectivity index (χ1v) is 11.1. The lowest BCUT2D eigenvalue weighted by Crippen LogP contribution is -2.44. The molecule has 1 aromatic heterocycles. The van der Waals surface area contributed by atoms with Gasteiger partial charge in [-0.3, -0.25) is 9.58 Å². The number of piperazine rings is 1. The fourth-order valence-corrected chi connectivity index (χ4v) is 3.58. The van der Waals surface area contributed by atoms with Crippen LogP contribution in [0, 0.1) is 0 Å². The SMILES string of the molecule is CCNC(=NCc1ccc(CN2CCN(C)CC2)cc1)NCC(C)(O)c1cnn(C)c1. The van der Waals surface area contributed by atoms with Crippen LogP contribution in [0.1, 0.15) is 30.5 Å². The minimum Gasteiger partial charge on any atom is -0.383 e. The number of hydrogen-bond acceptors (Lipinski definition) is 5. The summed E-state index contributed by atoms with van der Waals surface area (Å²) in [5.74, 6) is 0.688. The second-order valence-electron chi connectivity index (χ2n) is 8.62. The highest BCUT2D eigenvalue weighted by atomic mass is 16.3. The van der Waals surface area contributed by atoms with E-state index in [1.807, 2.05) is 20.2 Å². The molecule has 3 N–H and O–H groups in total. The quantitative estimate of drug-likeness (QED) is 0.433. The highest BCUT2D eigenvalue weighted by Crippen LogP contribution is 2.18. The average Bonchev–Trinajstić information content (AvgIpc) is 3.20. The molecule has 0 aliphatic carbocycles. The van der Waals surface area contributed by atoms with Crippen LogP contribution in [0.4, 0.5) is 0 Å². The van der Waals surface area contributed by atoms with Gasteiger partial charge in [-0.25, -0.2) is 4.99 Å². The lowest BCUT2D eigenvalue weighted by Gasteiger charge is -2.32. The maximum Gasteiger partial charge on any atom is 0.191 e. The number of hydrogen-bond donors (Lipinski definition) is 3. The minimum atomic E-state index is -1.03. The Hall–Kier alpha value is -2.42. The predicted molar refractivity (Wildman–Crippen MR) is 125 cm³/mol. The fraction of sp³-hybridized carbons (Fsp3) is 0.565. The van der Waals surface area contributed by atoms with E-state index in [-0.39, 0.29) is 0 Å². The standard InChI is InChI=1S/C23H37N7O/c1-5-24-22(26-18-23(2,31)21-15-27-29(4)17-21)25-14-19-6-8-20(9-7-19)16-30-12-10-28(3)11-13-30/h6-9,15,17,31H,5,10-14,16,18H2,1-4H3,(H2,24,25,26). The summed E-state index contributed by atoms with van der Waals surface area (Å²) in [4.78, 5) is 9.57. The Kier molecular flexibility index (Phi) is 8.06. The molecule has 31 heavy (non-hydrogen) atoms. The number of likely N-dealkylation sites (N-methyl/N-ethyl adjacent to an activating group) is 1. The van der Waals surface area contributed by atoms with Crippen LogP contribution in [0.5, 0.6) is 0 Å². The molecule has 1 aliphatic heterocycles. The van der Waals surface area contributed by atoms with Gasteiger partial charge in [0.1, 0.15) is 5.60 Å². The summed E-state index contributed by atoms with van der Waals surface area (Å²) in [5.41, 5.74) is 2.25. The van der Waals surface area contributed by atoms with Gasteiger partial charge in [-0.05, 0) is 32.0 Å². The zero-order chi connectivity index (χ0) is 22.3. The number of benzene rings is 1. The van der Waals surface area contributed by atoms with Crippen LogP contribution >= 0.6 is 0 Å². The van der Waals surface area contributed by atoms with E-state index in [4.69, 9.17) is 0 Å². The van der Waals surface area contributed by atoms with Crippen molar-refractivity contribution >= 4 is 5.96 Å². The number of nitrogens with zero attached hydrogens (tertiary/aromatic N) is 5. The molecule has 1 unspecified atom stereocenters. The van der Waals surface area contributed by atoms with E-state index >= 15 is 0 Å². The number of aromatic nitrogens is 2. The number of aliphatic hydroxyl groups is 1. The van der Waals surface area contributed by atoms with Crippen LogP contribution in [0.15, 0.2) is 41.7 Å². The smallest absolute Gasteiger partial charge is 0.191 e. The highest BCUT2D eigenvalue weighted by molar-refractivity contribution is 5.79. The number of aryl methyl sites for hydroxylation is 1. The third kappa shape index (κ3) is 7.05. The van der Waals surface area contributed by atoms with E-state index in [0.29, 0.717) is 19.0 Å². The van der Waals surface area contributed by atoms with Crippen LogP contribution in [-0.2, 0) is 25.7 Å². The summed E-state index contributed by atoms with van der Waals surface area (Å²) in [5, 5.41) is 21.4. The molecule has 3 rings (SSSR count). The Labute approximate surface area is 186 Å². The van der Waals surface area contributed by atoms with Crippen molar-refractivity contribution < 1.29 is 5.11 Å². The summed E-state index contributed by atoms with van der Waals surface area (Å²) >= 11 is 0. The first-order valence-electron chi connectivity index (χ1n) is 11.1. The molecule has 0 spiro atoms. The van der Waals surface area contributed by atoms with Gasteiger partial charge in [0.05, 0.1) is 19.3 Å². The van der Waals surface area contributed by atoms with Gasteiger partial charge in [-0.15, -0.1) is 0 Å². The van der Waals surface area contributed by atoms with Crippen LogP contribution in [-0.4, -0.2) is 77.0 Å². The normalized spacial score (nSPS) is 18.0. The molecule has 170 valence electrons. The van der Waals surface area contributed by atoms with Gasteiger partial charge in [0, 0.05) is 58.1 Å². The molecule has 1 fully saturated rings. The average molecular weight is 428 g/mol. The maximum absolute atomic E-state index is 10.8. The molecule has 0 amide bonds. The van der Waals surface area contributed by atoms with Crippen LogP contribution in [0.25, 0.3) is 0 Å². The molecular formula is C23H37N7O. The molecule has 2 aromatic rings. The molecule has 0 bridgehead atoms. The second kappa shape index (κ2) is 10.7. The third-order valence-corrected chi connectivity index (χ3v) is 5.72. The summed E-state index contributed by atoms with van der Waals surface area (Å²) < 4.78 is 1.69. The molecule has 0 radical (unpaired) electrons. The van der Waals surface area contributed by atoms with Gasteiger partial charge in [0.15, 0.2) is 5.96 Å². The highest BCUT2D eigenvalue weighted by Gasteiger charge is 2.25. The maximum atomic E-state index is 10.8. The Morgan fingerprint density at radius 3 is 2.39 bits per heavy atom. The third-order valence-electron chi connectivity index (χ3n) is 5.72. The molecule has 1 atom stereocenters. The summed E-state index contributed by atoms with van der Waals surface area (Å²) in [6.45, 7) is 11.0. The van der Waals surface area contributed by atoms with Gasteiger partial charge in [-0.1, -0.05) is 24.3 Å². The van der Waals surface area contributed by atoms with Gasteiger partial charge >= 0.3 is 0 Å². The topological polar surface area (TPSA) is 81.0 Å². The Morgan fingerprint density at radius 1 is 1.10 bits per heavy atom. The summed E-state index contributed by atoms with van der Waals surface area (Å²) in [6.07, 6.45) is 3.52. The van der Waals surface area contributed by atoms with Gasteiger partial charge < -0.3 is 20.6 Å². The van der Waals surface area contributed by atoms with Crippen LogP contribution < -0.4 is 10.6 Å². The van der Waals surface area contributed by atoms with Crippen molar-refractivity contribution in [3.8, 4) is 0 Å². The van der Waals surface area contributed by atoms with Crippen molar-refractivity contribution in [2.75, 3.05) is 46.3 Å². The Bertz CT molecular complexity index is 836. The molecule has 8 heteroatoms. The lowest BCUT2D eigenvalue weighted by molar-refractivity contribution is 0.0616. The van der Waals surface area contributed by atoms with Crippen molar-refractivity contribution in [1.82, 2.24) is 30.2 Å². The largest absolute Gasteiger partial charge is 0.383 e. The summed E-state index contributed by atoms with van der Waals surface area (Å²) in [7, 11) is 4.03. The van der Waals surface area contributed by atoms with Gasteiger partial charge in [-0.2, -0.15) is 5.10 Å². The zero-order valence-corrected chi connectivity index (χ0v) is 19.3. The predicted octanol–water partition coefficient (Wildman–Crippen LogP) is 1.13. The van der Waals surface area contributed by atoms with E-state index in [1.165, 1.54) is 11.1 Å². The van der Waals surface area contributed by atoms with Crippen molar-refractivity contribution in [3.05, 3.63) is 53.3 Å². The minimum absolute atomic E-state index is 0.342. The first kappa shape index (κ1) is 23.2. The van der Waals surface area contributed by atoms with Crippen molar-refractivity contribution in [2.24, 2.45) is 12.0 Å². The van der Waals surface area contributed by atoms with Crippen molar-refractivity contribution in [1.29, 1.82) is 0 Å². The first-order chi connectivity index (χ1) is 14.9. The van der Waals surface area contributed by atoms with Crippen LogP contribution in [0.2, 0.25) is 0 Å². The van der Waals surface area contributed by atoms with Crippen LogP contribution in [0.3, 0.4) is 0 Å². The Balaban J connectivity index is 1.53. The Morgan fingerprint density at radius 2 is 1.77 bits per heavy atom. The van der Waals surface area contributed by atoms with Crippen molar-refractivity contribution in [2.45, 2.75) is 32.5 Å².